The summed E-state index contributed by atoms with van der Waals surface area (Å²) in [6, 6.07) is 7.62. The molecule has 116 valence electrons. The highest BCUT2D eigenvalue weighted by atomic mass is 16.3. The van der Waals surface area contributed by atoms with E-state index < -0.39 is 5.60 Å². The van der Waals surface area contributed by atoms with Crippen LogP contribution in [0.5, 0.6) is 0 Å². The van der Waals surface area contributed by atoms with Crippen molar-refractivity contribution in [3.05, 3.63) is 29.8 Å². The van der Waals surface area contributed by atoms with Gasteiger partial charge >= 0.3 is 6.03 Å². The van der Waals surface area contributed by atoms with Crippen molar-refractivity contribution in [2.24, 2.45) is 0 Å². The van der Waals surface area contributed by atoms with E-state index in [4.69, 9.17) is 0 Å². The Labute approximate surface area is 126 Å². The third-order valence-corrected chi connectivity index (χ3v) is 4.15. The molecule has 1 fully saturated rings. The Bertz CT molecular complexity index is 468. The molecule has 4 heteroatoms. The molecule has 4 nitrogen and oxygen atoms in total. The molecule has 0 radical (unpaired) electrons. The van der Waals surface area contributed by atoms with Gasteiger partial charge < -0.3 is 15.7 Å². The summed E-state index contributed by atoms with van der Waals surface area (Å²) >= 11 is 0. The van der Waals surface area contributed by atoms with E-state index in [0.717, 1.165) is 49.8 Å². The van der Waals surface area contributed by atoms with Crippen LogP contribution in [-0.4, -0.2) is 23.3 Å². The first-order chi connectivity index (χ1) is 10.1. The number of benzene rings is 1. The van der Waals surface area contributed by atoms with Crippen molar-refractivity contribution in [1.29, 1.82) is 0 Å². The molecule has 1 aromatic carbocycles. The van der Waals surface area contributed by atoms with Gasteiger partial charge in [0.2, 0.25) is 0 Å². The minimum atomic E-state index is -0.724. The number of aryl methyl sites for hydroxylation is 1. The molecule has 3 N–H and O–H groups in total. The van der Waals surface area contributed by atoms with Crippen LogP contribution in [0.3, 0.4) is 0 Å². The van der Waals surface area contributed by atoms with Crippen LogP contribution in [0.1, 0.15) is 51.0 Å². The Morgan fingerprint density at radius 2 is 1.95 bits per heavy atom. The summed E-state index contributed by atoms with van der Waals surface area (Å²) in [5.41, 5.74) is 1.28. The Balaban J connectivity index is 1.87. The van der Waals surface area contributed by atoms with Crippen LogP contribution in [0.4, 0.5) is 10.5 Å². The molecule has 2 rings (SSSR count). The van der Waals surface area contributed by atoms with Gasteiger partial charge in [0.1, 0.15) is 0 Å². The standard InChI is InChI=1S/C17H26N2O2/c1-2-8-14-9-4-5-10-15(14)19-16(20)18-13-17(21)11-6-3-7-12-17/h4-5,9-10,21H,2-3,6-8,11-13H2,1H3,(H2,18,19,20). The molecule has 0 unspecified atom stereocenters. The van der Waals surface area contributed by atoms with Gasteiger partial charge in [0.05, 0.1) is 5.60 Å². The number of para-hydroxylation sites is 1. The molecular weight excluding hydrogens is 264 g/mol. The van der Waals surface area contributed by atoms with Crippen LogP contribution < -0.4 is 10.6 Å². The smallest absolute Gasteiger partial charge is 0.319 e. The first kappa shape index (κ1) is 15.8. The molecule has 1 aromatic rings. The van der Waals surface area contributed by atoms with Gasteiger partial charge in [-0.05, 0) is 30.9 Å². The summed E-state index contributed by atoms with van der Waals surface area (Å²) in [6.07, 6.45) is 6.80. The molecule has 0 heterocycles. The van der Waals surface area contributed by atoms with E-state index in [1.54, 1.807) is 0 Å². The fourth-order valence-electron chi connectivity index (χ4n) is 2.93. The largest absolute Gasteiger partial charge is 0.388 e. The lowest BCUT2D eigenvalue weighted by atomic mass is 9.85. The highest BCUT2D eigenvalue weighted by molar-refractivity contribution is 5.90. The van der Waals surface area contributed by atoms with Gasteiger partial charge in [-0.2, -0.15) is 0 Å². The molecule has 1 aliphatic carbocycles. The molecule has 0 aromatic heterocycles. The molecular formula is C17H26N2O2. The normalized spacial score (nSPS) is 17.2. The predicted octanol–water partition coefficient (Wildman–Crippen LogP) is 3.46. The van der Waals surface area contributed by atoms with Crippen molar-refractivity contribution in [2.75, 3.05) is 11.9 Å². The first-order valence-electron chi connectivity index (χ1n) is 7.98. The Morgan fingerprint density at radius 3 is 2.67 bits per heavy atom. The lowest BCUT2D eigenvalue weighted by Gasteiger charge is -2.32. The summed E-state index contributed by atoms with van der Waals surface area (Å²) in [5.74, 6) is 0. The van der Waals surface area contributed by atoms with Crippen molar-refractivity contribution in [3.63, 3.8) is 0 Å². The van der Waals surface area contributed by atoms with Gasteiger partial charge in [-0.25, -0.2) is 4.79 Å². The molecule has 0 spiro atoms. The fraction of sp³-hybridized carbons (Fsp3) is 0.588. The Hall–Kier alpha value is -1.55. The lowest BCUT2D eigenvalue weighted by molar-refractivity contribution is 0.00755. The van der Waals surface area contributed by atoms with Crippen molar-refractivity contribution in [1.82, 2.24) is 5.32 Å². The summed E-state index contributed by atoms with van der Waals surface area (Å²) < 4.78 is 0. The second-order valence-corrected chi connectivity index (χ2v) is 6.00. The van der Waals surface area contributed by atoms with Crippen LogP contribution in [0.25, 0.3) is 0 Å². The maximum absolute atomic E-state index is 12.0. The maximum Gasteiger partial charge on any atom is 0.319 e. The van der Waals surface area contributed by atoms with Gasteiger partial charge in [0, 0.05) is 12.2 Å². The van der Waals surface area contributed by atoms with Crippen LogP contribution in [0.15, 0.2) is 24.3 Å². The lowest BCUT2D eigenvalue weighted by Crippen LogP contribution is -2.45. The fourth-order valence-corrected chi connectivity index (χ4v) is 2.93. The average molecular weight is 290 g/mol. The minimum absolute atomic E-state index is 0.238. The van der Waals surface area contributed by atoms with Gasteiger partial charge in [-0.15, -0.1) is 0 Å². The van der Waals surface area contributed by atoms with Crippen LogP contribution in [0.2, 0.25) is 0 Å². The number of aliphatic hydroxyl groups is 1. The minimum Gasteiger partial charge on any atom is -0.388 e. The third kappa shape index (κ3) is 4.74. The Morgan fingerprint density at radius 1 is 1.24 bits per heavy atom. The summed E-state index contributed by atoms with van der Waals surface area (Å²) in [6.45, 7) is 2.45. The van der Waals surface area contributed by atoms with E-state index >= 15 is 0 Å². The molecule has 0 aliphatic heterocycles. The van der Waals surface area contributed by atoms with E-state index in [9.17, 15) is 9.90 Å². The highest BCUT2D eigenvalue weighted by Gasteiger charge is 2.29. The molecule has 21 heavy (non-hydrogen) atoms. The molecule has 0 atom stereocenters. The van der Waals surface area contributed by atoms with Gasteiger partial charge in [-0.1, -0.05) is 50.8 Å². The summed E-state index contributed by atoms with van der Waals surface area (Å²) in [7, 11) is 0. The number of anilines is 1. The number of carbonyl (C=O) groups is 1. The number of amides is 2. The van der Waals surface area contributed by atoms with Gasteiger partial charge in [0.25, 0.3) is 0 Å². The second-order valence-electron chi connectivity index (χ2n) is 6.00. The first-order valence-corrected chi connectivity index (χ1v) is 7.98. The Kier molecular flexibility index (Phi) is 5.62. The number of nitrogens with one attached hydrogen (secondary N) is 2. The number of hydrogen-bond acceptors (Lipinski definition) is 2. The topological polar surface area (TPSA) is 61.4 Å². The third-order valence-electron chi connectivity index (χ3n) is 4.15. The van der Waals surface area contributed by atoms with Gasteiger partial charge in [-0.3, -0.25) is 0 Å². The molecule has 2 amide bonds. The number of hydrogen-bond donors (Lipinski definition) is 3. The SMILES string of the molecule is CCCc1ccccc1NC(=O)NCC1(O)CCCCC1. The number of urea groups is 1. The monoisotopic (exact) mass is 290 g/mol. The molecule has 1 aliphatic rings. The van der Waals surface area contributed by atoms with E-state index in [1.165, 1.54) is 6.42 Å². The number of rotatable bonds is 5. The zero-order chi connectivity index (χ0) is 15.1. The van der Waals surface area contributed by atoms with E-state index in [0.29, 0.717) is 6.54 Å². The van der Waals surface area contributed by atoms with E-state index in [2.05, 4.69) is 17.6 Å². The second kappa shape index (κ2) is 7.46. The van der Waals surface area contributed by atoms with Crippen LogP contribution in [0, 0.1) is 0 Å². The van der Waals surface area contributed by atoms with Crippen molar-refractivity contribution in [3.8, 4) is 0 Å². The summed E-state index contributed by atoms with van der Waals surface area (Å²) in [5, 5.41) is 16.1. The molecule has 1 saturated carbocycles. The number of carbonyl (C=O) groups excluding carboxylic acids is 1. The summed E-state index contributed by atoms with van der Waals surface area (Å²) in [4.78, 5) is 12.0. The van der Waals surface area contributed by atoms with E-state index in [1.807, 2.05) is 24.3 Å². The maximum atomic E-state index is 12.0. The van der Waals surface area contributed by atoms with Crippen molar-refractivity contribution < 1.29 is 9.90 Å². The highest BCUT2D eigenvalue weighted by Crippen LogP contribution is 2.27. The zero-order valence-electron chi connectivity index (χ0n) is 12.8. The van der Waals surface area contributed by atoms with Gasteiger partial charge in [0.15, 0.2) is 0 Å². The predicted molar refractivity (Wildman–Crippen MR) is 85.5 cm³/mol. The van der Waals surface area contributed by atoms with E-state index in [-0.39, 0.29) is 6.03 Å². The van der Waals surface area contributed by atoms with Crippen LogP contribution >= 0.6 is 0 Å². The average Bonchev–Trinajstić information content (AvgIpc) is 2.48. The molecule has 0 saturated heterocycles. The quantitative estimate of drug-likeness (QED) is 0.777. The zero-order valence-corrected chi connectivity index (χ0v) is 12.8. The van der Waals surface area contributed by atoms with Crippen molar-refractivity contribution >= 4 is 11.7 Å². The molecule has 0 bridgehead atoms. The van der Waals surface area contributed by atoms with Crippen LogP contribution in [-0.2, 0) is 6.42 Å². The van der Waals surface area contributed by atoms with Crippen molar-refractivity contribution in [2.45, 2.75) is 57.5 Å².